The number of anilines is 1. The number of nitrogens with zero attached hydrogens (tertiary/aromatic N) is 2. The van der Waals surface area contributed by atoms with Crippen molar-refractivity contribution in [2.75, 3.05) is 64.8 Å². The molecule has 3 N–H and O–H groups in total. The van der Waals surface area contributed by atoms with Crippen LogP contribution in [0.25, 0.3) is 0 Å². The first kappa shape index (κ1) is 26.3. The van der Waals surface area contributed by atoms with E-state index >= 15 is 0 Å². The lowest BCUT2D eigenvalue weighted by Crippen LogP contribution is -2.51. The monoisotopic (exact) mass is 481 g/mol. The number of rotatable bonds is 12. The Morgan fingerprint density at radius 3 is 2.14 bits per heavy atom. The fourth-order valence-corrected chi connectivity index (χ4v) is 3.87. The van der Waals surface area contributed by atoms with E-state index in [0.29, 0.717) is 50.6 Å². The van der Waals surface area contributed by atoms with Crippen LogP contribution in [-0.4, -0.2) is 87.1 Å². The molecule has 3 rings (SSSR count). The predicted octanol–water partition coefficient (Wildman–Crippen LogP) is 1.33. The third kappa shape index (κ3) is 9.12. The summed E-state index contributed by atoms with van der Waals surface area (Å²) in [6.45, 7) is 5.08. The van der Waals surface area contributed by atoms with Crippen molar-refractivity contribution in [2.24, 2.45) is 0 Å². The molecule has 0 saturated carbocycles. The van der Waals surface area contributed by atoms with E-state index in [1.807, 2.05) is 30.3 Å². The zero-order chi connectivity index (χ0) is 24.9. The number of benzene rings is 2. The molecule has 188 valence electrons. The molecule has 1 saturated heterocycles. The molecule has 1 aliphatic heterocycles. The Kier molecular flexibility index (Phi) is 10.7. The fraction of sp³-hybridized carbons (Fsp3) is 0.423. The average Bonchev–Trinajstić information content (AvgIpc) is 2.87. The van der Waals surface area contributed by atoms with Gasteiger partial charge in [-0.15, -0.1) is 0 Å². The van der Waals surface area contributed by atoms with E-state index in [1.54, 1.807) is 31.4 Å². The lowest BCUT2D eigenvalue weighted by Gasteiger charge is -2.33. The highest BCUT2D eigenvalue weighted by molar-refractivity contribution is 6.04. The first-order chi connectivity index (χ1) is 17.0. The second kappa shape index (κ2) is 14.2. The maximum absolute atomic E-state index is 12.7. The topological polar surface area (TPSA) is 103 Å². The number of hydrogen-bond donors (Lipinski definition) is 3. The number of methoxy groups -OCH3 is 1. The zero-order valence-corrected chi connectivity index (χ0v) is 20.3. The van der Waals surface area contributed by atoms with Crippen LogP contribution in [0.5, 0.6) is 0 Å². The zero-order valence-electron chi connectivity index (χ0n) is 20.3. The summed E-state index contributed by atoms with van der Waals surface area (Å²) in [7, 11) is 1.64. The van der Waals surface area contributed by atoms with E-state index < -0.39 is 0 Å². The van der Waals surface area contributed by atoms with Crippen LogP contribution in [0.15, 0.2) is 54.6 Å². The lowest BCUT2D eigenvalue weighted by molar-refractivity contribution is -0.123. The summed E-state index contributed by atoms with van der Waals surface area (Å²) in [5, 5.41) is 8.69. The van der Waals surface area contributed by atoms with Gasteiger partial charge in [-0.3, -0.25) is 24.2 Å². The van der Waals surface area contributed by atoms with Crippen molar-refractivity contribution in [3.8, 4) is 0 Å². The molecule has 0 aliphatic carbocycles. The average molecular weight is 482 g/mol. The second-order valence-corrected chi connectivity index (χ2v) is 8.51. The van der Waals surface area contributed by atoms with E-state index in [2.05, 4.69) is 25.8 Å². The number of carbonyl (C=O) groups excluding carboxylic acids is 3. The Hall–Kier alpha value is -3.27. The highest BCUT2D eigenvalue weighted by Gasteiger charge is 2.21. The maximum atomic E-state index is 12.7. The van der Waals surface area contributed by atoms with Crippen molar-refractivity contribution in [1.82, 2.24) is 20.4 Å². The van der Waals surface area contributed by atoms with Crippen LogP contribution in [0.4, 0.5) is 5.69 Å². The molecular formula is C26H35N5O4. The van der Waals surface area contributed by atoms with E-state index in [0.717, 1.165) is 25.1 Å². The highest BCUT2D eigenvalue weighted by Crippen LogP contribution is 2.15. The summed E-state index contributed by atoms with van der Waals surface area (Å²) in [5.74, 6) is -0.397. The normalized spacial score (nSPS) is 14.3. The summed E-state index contributed by atoms with van der Waals surface area (Å²) in [6.07, 6.45) is 0.795. The van der Waals surface area contributed by atoms with Crippen LogP contribution >= 0.6 is 0 Å². The van der Waals surface area contributed by atoms with Crippen LogP contribution in [0.3, 0.4) is 0 Å². The summed E-state index contributed by atoms with van der Waals surface area (Å²) in [5.41, 5.74) is 1.93. The molecule has 9 nitrogen and oxygen atoms in total. The Morgan fingerprint density at radius 1 is 0.829 bits per heavy atom. The molecule has 0 atom stereocenters. The lowest BCUT2D eigenvalue weighted by atomic mass is 10.1. The van der Waals surface area contributed by atoms with Gasteiger partial charge in [0.15, 0.2) is 0 Å². The van der Waals surface area contributed by atoms with Crippen LogP contribution < -0.4 is 16.0 Å². The van der Waals surface area contributed by atoms with Gasteiger partial charge >= 0.3 is 0 Å². The summed E-state index contributed by atoms with van der Waals surface area (Å²) < 4.78 is 4.98. The predicted molar refractivity (Wildman–Crippen MR) is 135 cm³/mol. The standard InChI is InChI=1S/C26H35N5O4/c1-35-17-7-12-27-24(32)19-30-13-15-31(16-14-30)20-25(33)29-23-11-6-5-10-22(23)26(34)28-18-21-8-3-2-4-9-21/h2-6,8-11H,7,12-20H2,1H3,(H,27,32)(H,28,34)(H,29,33). The minimum atomic E-state index is -0.237. The number of carbonyl (C=O) groups is 3. The van der Waals surface area contributed by atoms with Crippen LogP contribution in [0.1, 0.15) is 22.3 Å². The molecular weight excluding hydrogens is 446 g/mol. The number of para-hydroxylation sites is 1. The quantitative estimate of drug-likeness (QED) is 0.395. The molecule has 0 unspecified atom stereocenters. The van der Waals surface area contributed by atoms with Crippen molar-refractivity contribution in [1.29, 1.82) is 0 Å². The number of amides is 3. The van der Waals surface area contributed by atoms with Crippen LogP contribution in [0.2, 0.25) is 0 Å². The number of ether oxygens (including phenoxy) is 1. The Labute approximate surface area is 206 Å². The SMILES string of the molecule is COCCCNC(=O)CN1CCN(CC(=O)Nc2ccccc2C(=O)NCc2ccccc2)CC1. The van der Waals surface area contributed by atoms with Gasteiger partial charge in [-0.2, -0.15) is 0 Å². The molecule has 0 bridgehead atoms. The van der Waals surface area contributed by atoms with Crippen molar-refractivity contribution in [3.63, 3.8) is 0 Å². The molecule has 1 fully saturated rings. The Morgan fingerprint density at radius 2 is 1.46 bits per heavy atom. The second-order valence-electron chi connectivity index (χ2n) is 8.51. The molecule has 1 aliphatic rings. The van der Waals surface area contributed by atoms with Gasteiger partial charge in [-0.1, -0.05) is 42.5 Å². The smallest absolute Gasteiger partial charge is 0.253 e. The number of piperazine rings is 1. The maximum Gasteiger partial charge on any atom is 0.253 e. The minimum absolute atomic E-state index is 0.00874. The van der Waals surface area contributed by atoms with Gasteiger partial charge in [0, 0.05) is 53.0 Å². The Balaban J connectivity index is 1.41. The van der Waals surface area contributed by atoms with Crippen molar-refractivity contribution >= 4 is 23.4 Å². The van der Waals surface area contributed by atoms with Crippen molar-refractivity contribution in [3.05, 3.63) is 65.7 Å². The first-order valence-corrected chi connectivity index (χ1v) is 12.0. The summed E-state index contributed by atoms with van der Waals surface area (Å²) in [4.78, 5) is 41.6. The molecule has 2 aromatic carbocycles. The molecule has 9 heteroatoms. The van der Waals surface area contributed by atoms with Gasteiger partial charge in [-0.05, 0) is 24.1 Å². The number of nitrogens with one attached hydrogen (secondary N) is 3. The third-order valence-electron chi connectivity index (χ3n) is 5.79. The van der Waals surface area contributed by atoms with Crippen molar-refractivity contribution < 1.29 is 19.1 Å². The van der Waals surface area contributed by atoms with E-state index in [4.69, 9.17) is 4.74 Å². The third-order valence-corrected chi connectivity index (χ3v) is 5.79. The highest BCUT2D eigenvalue weighted by atomic mass is 16.5. The largest absolute Gasteiger partial charge is 0.385 e. The van der Waals surface area contributed by atoms with Crippen LogP contribution in [0, 0.1) is 0 Å². The first-order valence-electron chi connectivity index (χ1n) is 12.0. The summed E-state index contributed by atoms with van der Waals surface area (Å²) in [6, 6.07) is 16.7. The van der Waals surface area contributed by atoms with E-state index in [1.165, 1.54) is 0 Å². The molecule has 35 heavy (non-hydrogen) atoms. The van der Waals surface area contributed by atoms with Crippen LogP contribution in [-0.2, 0) is 20.9 Å². The number of hydrogen-bond acceptors (Lipinski definition) is 6. The molecule has 0 spiro atoms. The van der Waals surface area contributed by atoms with Gasteiger partial charge < -0.3 is 20.7 Å². The molecule has 0 radical (unpaired) electrons. The van der Waals surface area contributed by atoms with Gasteiger partial charge in [-0.25, -0.2) is 0 Å². The molecule has 0 aromatic heterocycles. The van der Waals surface area contributed by atoms with Gasteiger partial charge in [0.05, 0.1) is 24.3 Å². The van der Waals surface area contributed by atoms with E-state index in [-0.39, 0.29) is 24.3 Å². The molecule has 2 aromatic rings. The van der Waals surface area contributed by atoms with Crippen molar-refractivity contribution in [2.45, 2.75) is 13.0 Å². The Bertz CT molecular complexity index is 961. The van der Waals surface area contributed by atoms with E-state index in [9.17, 15) is 14.4 Å². The van der Waals surface area contributed by atoms with Gasteiger partial charge in [0.2, 0.25) is 11.8 Å². The van der Waals surface area contributed by atoms with Gasteiger partial charge in [0.1, 0.15) is 0 Å². The molecule has 1 heterocycles. The van der Waals surface area contributed by atoms with Gasteiger partial charge in [0.25, 0.3) is 5.91 Å². The minimum Gasteiger partial charge on any atom is -0.385 e. The fourth-order valence-electron chi connectivity index (χ4n) is 3.87. The molecule has 3 amide bonds. The summed E-state index contributed by atoms with van der Waals surface area (Å²) >= 11 is 0.